The molecule has 0 spiro atoms. The van der Waals surface area contributed by atoms with Crippen LogP contribution < -0.4 is 10.9 Å². The summed E-state index contributed by atoms with van der Waals surface area (Å²) in [5.74, 6) is -0.201. The number of halogens is 1. The number of anilines is 1. The molecule has 1 N–H and O–H groups in total. The van der Waals surface area contributed by atoms with E-state index in [-0.39, 0.29) is 24.4 Å². The van der Waals surface area contributed by atoms with Crippen molar-refractivity contribution in [3.63, 3.8) is 0 Å². The molecule has 0 atom stereocenters. The summed E-state index contributed by atoms with van der Waals surface area (Å²) in [5.41, 5.74) is 1.47. The van der Waals surface area contributed by atoms with Crippen molar-refractivity contribution in [3.8, 4) is 0 Å². The SMILES string of the molecule is Cc1ccc(NC(=O)CCn2cnc3sccc3c2=O)c(Cl)c1. The minimum absolute atomic E-state index is 0.127. The van der Waals surface area contributed by atoms with Gasteiger partial charge in [0.05, 0.1) is 22.4 Å². The Kier molecular flexibility index (Phi) is 4.45. The second kappa shape index (κ2) is 6.52. The molecule has 3 rings (SSSR count). The third-order valence-corrected chi connectivity index (χ3v) is 4.56. The first-order valence-electron chi connectivity index (χ1n) is 7.03. The summed E-state index contributed by atoms with van der Waals surface area (Å²) >= 11 is 7.51. The Balaban J connectivity index is 1.68. The summed E-state index contributed by atoms with van der Waals surface area (Å²) in [4.78, 5) is 29.2. The van der Waals surface area contributed by atoms with Crippen LogP contribution in [-0.2, 0) is 11.3 Å². The number of rotatable bonds is 4. The number of amides is 1. The molecule has 3 aromatic rings. The van der Waals surface area contributed by atoms with E-state index in [9.17, 15) is 9.59 Å². The van der Waals surface area contributed by atoms with Gasteiger partial charge in [-0.1, -0.05) is 17.7 Å². The number of nitrogens with zero attached hydrogens (tertiary/aromatic N) is 2. The molecule has 0 unspecified atom stereocenters. The average Bonchev–Trinajstić information content (AvgIpc) is 2.99. The third-order valence-electron chi connectivity index (χ3n) is 3.43. The Bertz CT molecular complexity index is 932. The van der Waals surface area contributed by atoms with Gasteiger partial charge in [-0.2, -0.15) is 0 Å². The Morgan fingerprint density at radius 2 is 2.22 bits per heavy atom. The summed E-state index contributed by atoms with van der Waals surface area (Å²) in [5, 5.41) is 5.66. The minimum atomic E-state index is -0.201. The van der Waals surface area contributed by atoms with E-state index in [1.807, 2.05) is 18.4 Å². The Hall–Kier alpha value is -2.18. The van der Waals surface area contributed by atoms with Crippen molar-refractivity contribution in [1.82, 2.24) is 9.55 Å². The number of hydrogen-bond acceptors (Lipinski definition) is 4. The number of aromatic nitrogens is 2. The molecule has 0 aliphatic rings. The molecule has 7 heteroatoms. The second-order valence-electron chi connectivity index (χ2n) is 5.16. The molecule has 0 saturated heterocycles. The predicted octanol–water partition coefficient (Wildman–Crippen LogP) is 3.45. The van der Waals surface area contributed by atoms with Crippen molar-refractivity contribution >= 4 is 44.7 Å². The second-order valence-corrected chi connectivity index (χ2v) is 6.47. The summed E-state index contributed by atoms with van der Waals surface area (Å²) in [6.07, 6.45) is 1.65. The van der Waals surface area contributed by atoms with Crippen molar-refractivity contribution in [3.05, 3.63) is 56.9 Å². The van der Waals surface area contributed by atoms with E-state index in [0.717, 1.165) is 5.56 Å². The number of carbonyl (C=O) groups is 1. The minimum Gasteiger partial charge on any atom is -0.325 e. The standard InChI is InChI=1S/C16H14ClN3O2S/c1-10-2-3-13(12(17)8-10)19-14(21)4-6-20-9-18-15-11(16(20)22)5-7-23-15/h2-3,5,7-9H,4,6H2,1H3,(H,19,21). The van der Waals surface area contributed by atoms with Crippen LogP contribution in [0.2, 0.25) is 5.02 Å². The van der Waals surface area contributed by atoms with Crippen molar-refractivity contribution < 1.29 is 4.79 Å². The Morgan fingerprint density at radius 1 is 1.39 bits per heavy atom. The smallest absolute Gasteiger partial charge is 0.262 e. The van der Waals surface area contributed by atoms with E-state index in [4.69, 9.17) is 11.6 Å². The van der Waals surface area contributed by atoms with Crippen LogP contribution in [0.3, 0.4) is 0 Å². The highest BCUT2D eigenvalue weighted by Gasteiger charge is 2.09. The van der Waals surface area contributed by atoms with E-state index in [0.29, 0.717) is 20.9 Å². The van der Waals surface area contributed by atoms with Gasteiger partial charge in [-0.3, -0.25) is 14.2 Å². The molecule has 1 amide bonds. The normalized spacial score (nSPS) is 10.9. The molecule has 1 aromatic carbocycles. The number of hydrogen-bond donors (Lipinski definition) is 1. The number of nitrogens with one attached hydrogen (secondary N) is 1. The van der Waals surface area contributed by atoms with E-state index < -0.39 is 0 Å². The molecular weight excluding hydrogens is 334 g/mol. The van der Waals surface area contributed by atoms with Crippen molar-refractivity contribution in [1.29, 1.82) is 0 Å². The maximum atomic E-state index is 12.2. The highest BCUT2D eigenvalue weighted by Crippen LogP contribution is 2.22. The average molecular weight is 348 g/mol. The molecule has 23 heavy (non-hydrogen) atoms. The summed E-state index contributed by atoms with van der Waals surface area (Å²) in [6, 6.07) is 7.18. The fraction of sp³-hybridized carbons (Fsp3) is 0.188. The van der Waals surface area contributed by atoms with Gasteiger partial charge in [0.15, 0.2) is 0 Å². The zero-order valence-corrected chi connectivity index (χ0v) is 13.9. The van der Waals surface area contributed by atoms with Crippen molar-refractivity contribution in [2.75, 3.05) is 5.32 Å². The van der Waals surface area contributed by atoms with Crippen LogP contribution in [0.15, 0.2) is 40.8 Å². The van der Waals surface area contributed by atoms with Crippen LogP contribution in [0, 0.1) is 6.92 Å². The van der Waals surface area contributed by atoms with E-state index in [2.05, 4.69) is 10.3 Å². The largest absolute Gasteiger partial charge is 0.325 e. The fourth-order valence-corrected chi connectivity index (χ4v) is 3.21. The van der Waals surface area contributed by atoms with Gasteiger partial charge in [-0.25, -0.2) is 4.98 Å². The lowest BCUT2D eigenvalue weighted by Gasteiger charge is -2.09. The molecule has 0 aliphatic heterocycles. The van der Waals surface area contributed by atoms with Crippen molar-refractivity contribution in [2.45, 2.75) is 19.9 Å². The summed E-state index contributed by atoms with van der Waals surface area (Å²) < 4.78 is 1.45. The zero-order valence-electron chi connectivity index (χ0n) is 12.4. The van der Waals surface area contributed by atoms with Gasteiger partial charge >= 0.3 is 0 Å². The number of benzene rings is 1. The lowest BCUT2D eigenvalue weighted by atomic mass is 10.2. The van der Waals surface area contributed by atoms with Gasteiger partial charge in [0.1, 0.15) is 4.83 Å². The summed E-state index contributed by atoms with van der Waals surface area (Å²) in [7, 11) is 0. The lowest BCUT2D eigenvalue weighted by Crippen LogP contribution is -2.23. The van der Waals surface area contributed by atoms with Gasteiger partial charge in [0.2, 0.25) is 5.91 Å². The molecule has 5 nitrogen and oxygen atoms in total. The van der Waals surface area contributed by atoms with Crippen LogP contribution >= 0.6 is 22.9 Å². The first kappa shape index (κ1) is 15.7. The maximum Gasteiger partial charge on any atom is 0.262 e. The van der Waals surface area contributed by atoms with Crippen LogP contribution in [0.4, 0.5) is 5.69 Å². The molecule has 118 valence electrons. The third kappa shape index (κ3) is 3.43. The van der Waals surface area contributed by atoms with Gasteiger partial charge in [-0.15, -0.1) is 11.3 Å². The molecule has 0 saturated carbocycles. The quantitative estimate of drug-likeness (QED) is 0.786. The first-order chi connectivity index (χ1) is 11.0. The molecule has 2 heterocycles. The van der Waals surface area contributed by atoms with Crippen LogP contribution in [-0.4, -0.2) is 15.5 Å². The summed E-state index contributed by atoms with van der Waals surface area (Å²) in [6.45, 7) is 2.20. The number of thiophene rings is 1. The van der Waals surface area contributed by atoms with Gasteiger partial charge in [0, 0.05) is 13.0 Å². The van der Waals surface area contributed by atoms with Crippen LogP contribution in [0.1, 0.15) is 12.0 Å². The van der Waals surface area contributed by atoms with E-state index in [1.165, 1.54) is 22.2 Å². The molecule has 0 fully saturated rings. The van der Waals surface area contributed by atoms with Crippen molar-refractivity contribution in [2.24, 2.45) is 0 Å². The van der Waals surface area contributed by atoms with Gasteiger partial charge in [-0.05, 0) is 36.1 Å². The molecule has 0 aliphatic carbocycles. The van der Waals surface area contributed by atoms with Gasteiger partial charge in [0.25, 0.3) is 5.56 Å². The van der Waals surface area contributed by atoms with Crippen LogP contribution in [0.25, 0.3) is 10.2 Å². The fourth-order valence-electron chi connectivity index (χ4n) is 2.21. The van der Waals surface area contributed by atoms with E-state index >= 15 is 0 Å². The number of aryl methyl sites for hydroxylation is 2. The first-order valence-corrected chi connectivity index (χ1v) is 8.29. The molecule has 0 bridgehead atoms. The molecule has 0 radical (unpaired) electrons. The number of carbonyl (C=O) groups excluding carboxylic acids is 1. The maximum absolute atomic E-state index is 12.2. The topological polar surface area (TPSA) is 64.0 Å². The highest BCUT2D eigenvalue weighted by atomic mass is 35.5. The number of fused-ring (bicyclic) bond motifs is 1. The van der Waals surface area contributed by atoms with Crippen LogP contribution in [0.5, 0.6) is 0 Å². The molecular formula is C16H14ClN3O2S. The highest BCUT2D eigenvalue weighted by molar-refractivity contribution is 7.16. The Morgan fingerprint density at radius 3 is 3.00 bits per heavy atom. The van der Waals surface area contributed by atoms with Gasteiger partial charge < -0.3 is 5.32 Å². The lowest BCUT2D eigenvalue weighted by molar-refractivity contribution is -0.116. The predicted molar refractivity (Wildman–Crippen MR) is 93.3 cm³/mol. The Labute approximate surface area is 141 Å². The molecule has 2 aromatic heterocycles. The monoisotopic (exact) mass is 347 g/mol. The zero-order chi connectivity index (χ0) is 16.4. The van der Waals surface area contributed by atoms with E-state index in [1.54, 1.807) is 18.2 Å².